The maximum absolute atomic E-state index is 12.1. The average Bonchev–Trinajstić information content (AvgIpc) is 3.16. The van der Waals surface area contributed by atoms with Crippen molar-refractivity contribution in [1.29, 1.82) is 0 Å². The number of aromatic nitrogens is 2. The number of nitrogens with one attached hydrogen (secondary N) is 2. The first kappa shape index (κ1) is 15.7. The first-order valence-electron chi connectivity index (χ1n) is 8.62. The molecule has 7 nitrogen and oxygen atoms in total. The molecule has 1 aliphatic carbocycles. The van der Waals surface area contributed by atoms with Crippen LogP contribution in [0.4, 0.5) is 4.79 Å². The summed E-state index contributed by atoms with van der Waals surface area (Å²) in [7, 11) is 0. The van der Waals surface area contributed by atoms with E-state index in [1.54, 1.807) is 10.9 Å². The first-order valence-corrected chi connectivity index (χ1v) is 8.62. The third-order valence-electron chi connectivity index (χ3n) is 4.61. The van der Waals surface area contributed by atoms with Gasteiger partial charge >= 0.3 is 6.03 Å². The van der Waals surface area contributed by atoms with Gasteiger partial charge in [-0.05, 0) is 36.6 Å². The van der Waals surface area contributed by atoms with Crippen LogP contribution in [0.5, 0.6) is 0 Å². The molecule has 1 aliphatic heterocycles. The Kier molecular flexibility index (Phi) is 4.13. The highest BCUT2D eigenvalue weighted by Gasteiger charge is 2.39. The van der Waals surface area contributed by atoms with Crippen LogP contribution in [0.2, 0.25) is 0 Å². The molecule has 2 heterocycles. The van der Waals surface area contributed by atoms with Crippen molar-refractivity contribution in [2.45, 2.75) is 37.9 Å². The Hall–Kier alpha value is -2.83. The van der Waals surface area contributed by atoms with Crippen molar-refractivity contribution in [2.24, 2.45) is 0 Å². The maximum atomic E-state index is 12.1. The fourth-order valence-corrected chi connectivity index (χ4v) is 3.22. The smallest absolute Gasteiger partial charge is 0.315 e. The Labute approximate surface area is 146 Å². The molecule has 2 N–H and O–H groups in total. The molecule has 1 atom stereocenters. The van der Waals surface area contributed by atoms with Crippen LogP contribution in [0.1, 0.15) is 24.8 Å². The molecular formula is C18H21N5O2. The van der Waals surface area contributed by atoms with Gasteiger partial charge in [-0.1, -0.05) is 12.1 Å². The minimum Gasteiger partial charge on any atom is -0.338 e. The minimum atomic E-state index is -0.236. The number of nitrogens with zero attached hydrogens (tertiary/aromatic N) is 3. The standard InChI is InChI=1S/C18H21N5O2/c24-17-10-14(12-22(17)15-5-6-15)21-18(25)19-11-13-3-1-4-16(9-13)23-8-2-7-20-23/h1-4,7-9,14-15H,5-6,10-12H2,(H2,19,21,25). The van der Waals surface area contributed by atoms with Crippen molar-refractivity contribution in [2.75, 3.05) is 6.54 Å². The fraction of sp³-hybridized carbons (Fsp3) is 0.389. The van der Waals surface area contributed by atoms with Crippen LogP contribution in [0.25, 0.3) is 5.69 Å². The van der Waals surface area contributed by atoms with Gasteiger partial charge in [-0.3, -0.25) is 4.79 Å². The molecule has 130 valence electrons. The molecule has 2 aliphatic rings. The molecule has 0 bridgehead atoms. The molecule has 3 amide bonds. The number of hydrogen-bond acceptors (Lipinski definition) is 3. The van der Waals surface area contributed by atoms with E-state index in [-0.39, 0.29) is 18.0 Å². The van der Waals surface area contributed by atoms with Crippen molar-refractivity contribution in [3.8, 4) is 5.69 Å². The van der Waals surface area contributed by atoms with Crippen LogP contribution >= 0.6 is 0 Å². The van der Waals surface area contributed by atoms with Crippen LogP contribution in [-0.2, 0) is 11.3 Å². The lowest BCUT2D eigenvalue weighted by Crippen LogP contribution is -2.43. The van der Waals surface area contributed by atoms with Gasteiger partial charge < -0.3 is 15.5 Å². The molecule has 1 unspecified atom stereocenters. The second-order valence-electron chi connectivity index (χ2n) is 6.63. The van der Waals surface area contributed by atoms with Crippen molar-refractivity contribution < 1.29 is 9.59 Å². The number of rotatable bonds is 5. The number of likely N-dealkylation sites (tertiary alicyclic amines) is 1. The molecule has 4 rings (SSSR count). The SMILES string of the molecule is O=C(NCc1cccc(-n2cccn2)c1)NC1CC(=O)N(C2CC2)C1. The second kappa shape index (κ2) is 6.58. The van der Waals surface area contributed by atoms with Gasteiger partial charge in [0.25, 0.3) is 0 Å². The molecule has 1 aromatic carbocycles. The predicted molar refractivity (Wildman–Crippen MR) is 92.1 cm³/mol. The molecule has 7 heteroatoms. The molecule has 1 aromatic heterocycles. The van der Waals surface area contributed by atoms with Gasteiger partial charge in [0.05, 0.1) is 11.7 Å². The highest BCUT2D eigenvalue weighted by atomic mass is 16.2. The van der Waals surface area contributed by atoms with Crippen molar-refractivity contribution in [3.05, 3.63) is 48.3 Å². The first-order chi connectivity index (χ1) is 12.2. The largest absolute Gasteiger partial charge is 0.338 e. The van der Waals surface area contributed by atoms with Crippen LogP contribution in [-0.4, -0.2) is 45.2 Å². The lowest BCUT2D eigenvalue weighted by molar-refractivity contribution is -0.128. The van der Waals surface area contributed by atoms with Crippen molar-refractivity contribution in [1.82, 2.24) is 25.3 Å². The monoisotopic (exact) mass is 339 g/mol. The van der Waals surface area contributed by atoms with E-state index in [0.717, 1.165) is 24.1 Å². The quantitative estimate of drug-likeness (QED) is 0.865. The van der Waals surface area contributed by atoms with Gasteiger partial charge in [-0.15, -0.1) is 0 Å². The second-order valence-corrected chi connectivity index (χ2v) is 6.63. The molecule has 1 saturated carbocycles. The average molecular weight is 339 g/mol. The molecule has 2 fully saturated rings. The summed E-state index contributed by atoms with van der Waals surface area (Å²) in [4.78, 5) is 25.9. The number of urea groups is 1. The van der Waals surface area contributed by atoms with Crippen LogP contribution in [0.15, 0.2) is 42.7 Å². The summed E-state index contributed by atoms with van der Waals surface area (Å²) in [5.41, 5.74) is 1.94. The lowest BCUT2D eigenvalue weighted by atomic mass is 10.2. The summed E-state index contributed by atoms with van der Waals surface area (Å²) in [5.74, 6) is 0.153. The molecule has 25 heavy (non-hydrogen) atoms. The van der Waals surface area contributed by atoms with Crippen LogP contribution < -0.4 is 10.6 Å². The van der Waals surface area contributed by atoms with E-state index in [0.29, 0.717) is 25.6 Å². The van der Waals surface area contributed by atoms with Gasteiger partial charge in [0.1, 0.15) is 0 Å². The summed E-state index contributed by atoms with van der Waals surface area (Å²) in [6.07, 6.45) is 6.20. The summed E-state index contributed by atoms with van der Waals surface area (Å²) < 4.78 is 1.78. The highest BCUT2D eigenvalue weighted by Crippen LogP contribution is 2.30. The van der Waals surface area contributed by atoms with Gasteiger partial charge in [-0.25, -0.2) is 9.48 Å². The number of amides is 3. The van der Waals surface area contributed by atoms with Gasteiger partial charge in [0.15, 0.2) is 0 Å². The van der Waals surface area contributed by atoms with E-state index in [4.69, 9.17) is 0 Å². The van der Waals surface area contributed by atoms with E-state index in [1.807, 2.05) is 41.4 Å². The normalized spacial score (nSPS) is 19.9. The fourth-order valence-electron chi connectivity index (χ4n) is 3.22. The molecule has 1 saturated heterocycles. The van der Waals surface area contributed by atoms with Gasteiger partial charge in [0.2, 0.25) is 5.91 Å². The lowest BCUT2D eigenvalue weighted by Gasteiger charge is -2.16. The Balaban J connectivity index is 1.29. The minimum absolute atomic E-state index is 0.0940. The summed E-state index contributed by atoms with van der Waals surface area (Å²) in [5, 5.41) is 9.97. The number of benzene rings is 1. The zero-order chi connectivity index (χ0) is 17.2. The van der Waals surface area contributed by atoms with Gasteiger partial charge in [-0.2, -0.15) is 5.10 Å². The Morgan fingerprint density at radius 2 is 2.16 bits per heavy atom. The summed E-state index contributed by atoms with van der Waals surface area (Å²) in [6.45, 7) is 1.06. The number of hydrogen-bond donors (Lipinski definition) is 2. The third kappa shape index (κ3) is 3.65. The van der Waals surface area contributed by atoms with E-state index in [9.17, 15) is 9.59 Å². The van der Waals surface area contributed by atoms with Crippen LogP contribution in [0, 0.1) is 0 Å². The summed E-state index contributed by atoms with van der Waals surface area (Å²) in [6, 6.07) is 9.80. The van der Waals surface area contributed by atoms with E-state index in [1.165, 1.54) is 0 Å². The van der Waals surface area contributed by atoms with E-state index >= 15 is 0 Å². The van der Waals surface area contributed by atoms with Crippen molar-refractivity contribution in [3.63, 3.8) is 0 Å². The molecule has 0 radical (unpaired) electrons. The third-order valence-corrected chi connectivity index (χ3v) is 4.61. The van der Waals surface area contributed by atoms with Gasteiger partial charge in [0, 0.05) is 37.9 Å². The number of carbonyl (C=O) groups is 2. The topological polar surface area (TPSA) is 79.3 Å². The zero-order valence-electron chi connectivity index (χ0n) is 13.9. The Morgan fingerprint density at radius 1 is 1.28 bits per heavy atom. The predicted octanol–water partition coefficient (Wildman–Crippen LogP) is 1.43. The summed E-state index contributed by atoms with van der Waals surface area (Å²) >= 11 is 0. The highest BCUT2D eigenvalue weighted by molar-refractivity contribution is 5.82. The van der Waals surface area contributed by atoms with Crippen molar-refractivity contribution >= 4 is 11.9 Å². The van der Waals surface area contributed by atoms with E-state index < -0.39 is 0 Å². The Bertz CT molecular complexity index is 770. The molecule has 2 aromatic rings. The molecule has 0 spiro atoms. The van der Waals surface area contributed by atoms with Crippen LogP contribution in [0.3, 0.4) is 0 Å². The zero-order valence-corrected chi connectivity index (χ0v) is 13.9. The Morgan fingerprint density at radius 3 is 2.92 bits per heavy atom. The number of carbonyl (C=O) groups excluding carboxylic acids is 2. The maximum Gasteiger partial charge on any atom is 0.315 e. The van der Waals surface area contributed by atoms with E-state index in [2.05, 4.69) is 15.7 Å². The molecular weight excluding hydrogens is 318 g/mol.